The lowest BCUT2D eigenvalue weighted by Crippen LogP contribution is -2.28. The minimum Gasteiger partial charge on any atom is -0.475 e. The Labute approximate surface area is 78.4 Å². The van der Waals surface area contributed by atoms with Gasteiger partial charge in [-0.3, -0.25) is 0 Å². The molecule has 0 unspecified atom stereocenters. The van der Waals surface area contributed by atoms with E-state index in [1.807, 2.05) is 19.1 Å². The van der Waals surface area contributed by atoms with Gasteiger partial charge in [0.15, 0.2) is 0 Å². The van der Waals surface area contributed by atoms with Gasteiger partial charge < -0.3 is 9.84 Å². The van der Waals surface area contributed by atoms with E-state index in [9.17, 15) is 5.11 Å². The summed E-state index contributed by atoms with van der Waals surface area (Å²) >= 11 is 0. The molecule has 0 radical (unpaired) electrons. The van der Waals surface area contributed by atoms with Crippen molar-refractivity contribution in [3.8, 4) is 5.88 Å². The van der Waals surface area contributed by atoms with Crippen LogP contribution in [0.5, 0.6) is 5.88 Å². The predicted molar refractivity (Wildman–Crippen MR) is 50.8 cm³/mol. The molecule has 0 aromatic carbocycles. The molecule has 1 aromatic rings. The average Bonchev–Trinajstić information content (AvgIpc) is 2.00. The summed E-state index contributed by atoms with van der Waals surface area (Å²) in [7, 11) is 0. The fraction of sp³-hybridized carbons (Fsp3) is 0.500. The van der Waals surface area contributed by atoms with Gasteiger partial charge in [0.05, 0.1) is 5.60 Å². The monoisotopic (exact) mass is 181 g/mol. The Balaban J connectivity index is 2.55. The first-order valence-corrected chi connectivity index (χ1v) is 4.26. The molecular weight excluding hydrogens is 166 g/mol. The zero-order valence-electron chi connectivity index (χ0n) is 8.24. The van der Waals surface area contributed by atoms with Crippen LogP contribution in [0.15, 0.2) is 18.2 Å². The molecule has 1 heterocycles. The number of rotatable bonds is 3. The number of ether oxygens (including phenoxy) is 1. The summed E-state index contributed by atoms with van der Waals surface area (Å²) in [5, 5.41) is 9.40. The SMILES string of the molecule is Cc1cccc(OCC(C)(C)O)n1. The smallest absolute Gasteiger partial charge is 0.213 e. The zero-order valence-corrected chi connectivity index (χ0v) is 8.24. The Morgan fingerprint density at radius 2 is 2.15 bits per heavy atom. The Morgan fingerprint density at radius 3 is 2.69 bits per heavy atom. The molecule has 0 fully saturated rings. The van der Waals surface area contributed by atoms with E-state index in [0.29, 0.717) is 5.88 Å². The molecule has 0 saturated heterocycles. The van der Waals surface area contributed by atoms with Crippen molar-refractivity contribution < 1.29 is 9.84 Å². The van der Waals surface area contributed by atoms with Crippen molar-refractivity contribution in [1.82, 2.24) is 4.98 Å². The highest BCUT2D eigenvalue weighted by Gasteiger charge is 2.13. The summed E-state index contributed by atoms with van der Waals surface area (Å²) in [5.41, 5.74) is 0.0964. The standard InChI is InChI=1S/C10H15NO2/c1-8-5-4-6-9(11-8)13-7-10(2,3)12/h4-6,12H,7H2,1-3H3. The first kappa shape index (κ1) is 9.99. The van der Waals surface area contributed by atoms with Crippen LogP contribution in [0.3, 0.4) is 0 Å². The fourth-order valence-electron chi connectivity index (χ4n) is 0.849. The number of aromatic nitrogens is 1. The lowest BCUT2D eigenvalue weighted by molar-refractivity contribution is 0.0268. The topological polar surface area (TPSA) is 42.4 Å². The lowest BCUT2D eigenvalue weighted by Gasteiger charge is -2.17. The van der Waals surface area contributed by atoms with Crippen molar-refractivity contribution in [3.05, 3.63) is 23.9 Å². The van der Waals surface area contributed by atoms with E-state index < -0.39 is 5.60 Å². The van der Waals surface area contributed by atoms with Crippen LogP contribution < -0.4 is 4.74 Å². The maximum absolute atomic E-state index is 9.40. The highest BCUT2D eigenvalue weighted by molar-refractivity contribution is 5.14. The van der Waals surface area contributed by atoms with Gasteiger partial charge in [-0.05, 0) is 26.8 Å². The Kier molecular flexibility index (Phi) is 2.88. The molecule has 0 aliphatic heterocycles. The number of aliphatic hydroxyl groups is 1. The second-order valence-corrected chi connectivity index (χ2v) is 3.72. The Morgan fingerprint density at radius 1 is 1.46 bits per heavy atom. The van der Waals surface area contributed by atoms with Gasteiger partial charge in [0.25, 0.3) is 0 Å². The fourth-order valence-corrected chi connectivity index (χ4v) is 0.849. The molecule has 72 valence electrons. The average molecular weight is 181 g/mol. The van der Waals surface area contributed by atoms with Crippen LogP contribution in [-0.2, 0) is 0 Å². The highest BCUT2D eigenvalue weighted by atomic mass is 16.5. The minimum absolute atomic E-state index is 0.253. The summed E-state index contributed by atoms with van der Waals surface area (Å²) < 4.78 is 5.29. The van der Waals surface area contributed by atoms with Crippen molar-refractivity contribution in [1.29, 1.82) is 0 Å². The number of hydrogen-bond acceptors (Lipinski definition) is 3. The van der Waals surface area contributed by atoms with E-state index in [-0.39, 0.29) is 6.61 Å². The quantitative estimate of drug-likeness (QED) is 0.769. The molecule has 0 bridgehead atoms. The molecule has 0 atom stereocenters. The largest absolute Gasteiger partial charge is 0.475 e. The third-order valence-corrected chi connectivity index (χ3v) is 1.44. The molecule has 1 rings (SSSR count). The van der Waals surface area contributed by atoms with Gasteiger partial charge in [0, 0.05) is 11.8 Å². The first-order valence-electron chi connectivity index (χ1n) is 4.26. The van der Waals surface area contributed by atoms with Crippen LogP contribution in [0.4, 0.5) is 0 Å². The molecule has 0 spiro atoms. The maximum Gasteiger partial charge on any atom is 0.213 e. The second-order valence-electron chi connectivity index (χ2n) is 3.72. The summed E-state index contributed by atoms with van der Waals surface area (Å²) in [6, 6.07) is 5.55. The summed E-state index contributed by atoms with van der Waals surface area (Å²) in [6.45, 7) is 5.55. The Bertz CT molecular complexity index is 278. The van der Waals surface area contributed by atoms with E-state index in [4.69, 9.17) is 4.74 Å². The van der Waals surface area contributed by atoms with Crippen molar-refractivity contribution >= 4 is 0 Å². The van der Waals surface area contributed by atoms with E-state index >= 15 is 0 Å². The van der Waals surface area contributed by atoms with Gasteiger partial charge in [-0.25, -0.2) is 4.98 Å². The molecule has 3 heteroatoms. The van der Waals surface area contributed by atoms with Crippen LogP contribution >= 0.6 is 0 Å². The van der Waals surface area contributed by atoms with Crippen LogP contribution in [0.1, 0.15) is 19.5 Å². The third-order valence-electron chi connectivity index (χ3n) is 1.44. The van der Waals surface area contributed by atoms with Gasteiger partial charge in [0.1, 0.15) is 6.61 Å². The molecule has 3 nitrogen and oxygen atoms in total. The molecular formula is C10H15NO2. The summed E-state index contributed by atoms with van der Waals surface area (Å²) in [5.74, 6) is 0.558. The minimum atomic E-state index is -0.814. The zero-order chi connectivity index (χ0) is 9.90. The normalized spacial score (nSPS) is 11.4. The molecule has 0 saturated carbocycles. The van der Waals surface area contributed by atoms with Crippen molar-refractivity contribution in [2.75, 3.05) is 6.61 Å². The van der Waals surface area contributed by atoms with Gasteiger partial charge in [0.2, 0.25) is 5.88 Å². The van der Waals surface area contributed by atoms with Gasteiger partial charge in [-0.2, -0.15) is 0 Å². The predicted octanol–water partition coefficient (Wildman–Crippen LogP) is 1.54. The second kappa shape index (κ2) is 3.75. The molecule has 0 aliphatic rings. The first-order chi connectivity index (χ1) is 5.97. The van der Waals surface area contributed by atoms with Gasteiger partial charge >= 0.3 is 0 Å². The van der Waals surface area contributed by atoms with Gasteiger partial charge in [-0.15, -0.1) is 0 Å². The summed E-state index contributed by atoms with van der Waals surface area (Å²) in [6.07, 6.45) is 0. The number of nitrogens with zero attached hydrogens (tertiary/aromatic N) is 1. The lowest BCUT2D eigenvalue weighted by atomic mass is 10.2. The molecule has 1 N–H and O–H groups in total. The van der Waals surface area contributed by atoms with Crippen LogP contribution in [-0.4, -0.2) is 22.3 Å². The molecule has 1 aromatic heterocycles. The van der Waals surface area contributed by atoms with Gasteiger partial charge in [-0.1, -0.05) is 6.07 Å². The molecule has 0 amide bonds. The highest BCUT2D eigenvalue weighted by Crippen LogP contribution is 2.09. The Hall–Kier alpha value is -1.09. The van der Waals surface area contributed by atoms with E-state index in [1.54, 1.807) is 19.9 Å². The van der Waals surface area contributed by atoms with Crippen LogP contribution in [0.25, 0.3) is 0 Å². The van der Waals surface area contributed by atoms with Crippen LogP contribution in [0, 0.1) is 6.92 Å². The maximum atomic E-state index is 9.40. The van der Waals surface area contributed by atoms with E-state index in [0.717, 1.165) is 5.69 Å². The number of aryl methyl sites for hydroxylation is 1. The molecule has 13 heavy (non-hydrogen) atoms. The van der Waals surface area contributed by atoms with Crippen LogP contribution in [0.2, 0.25) is 0 Å². The van der Waals surface area contributed by atoms with Crippen molar-refractivity contribution in [3.63, 3.8) is 0 Å². The van der Waals surface area contributed by atoms with Crippen molar-refractivity contribution in [2.45, 2.75) is 26.4 Å². The number of pyridine rings is 1. The number of hydrogen-bond donors (Lipinski definition) is 1. The molecule has 0 aliphatic carbocycles. The van der Waals surface area contributed by atoms with E-state index in [1.165, 1.54) is 0 Å². The summed E-state index contributed by atoms with van der Waals surface area (Å²) in [4.78, 5) is 4.14. The van der Waals surface area contributed by atoms with Crippen molar-refractivity contribution in [2.24, 2.45) is 0 Å². The third kappa shape index (κ3) is 3.90. The van der Waals surface area contributed by atoms with E-state index in [2.05, 4.69) is 4.98 Å².